The van der Waals surface area contributed by atoms with E-state index in [4.69, 9.17) is 16.1 Å². The fraction of sp³-hybridized carbons (Fsp3) is 0. The molecule has 2 aromatic carbocycles. The summed E-state index contributed by atoms with van der Waals surface area (Å²) in [5.41, 5.74) is 2.13. The fourth-order valence-electron chi connectivity index (χ4n) is 2.55. The average Bonchev–Trinajstić information content (AvgIpc) is 3.19. The van der Waals surface area contributed by atoms with Crippen molar-refractivity contribution < 1.29 is 9.32 Å². The number of nitrogens with zero attached hydrogens (tertiary/aromatic N) is 3. The van der Waals surface area contributed by atoms with Crippen LogP contribution in [0.5, 0.6) is 0 Å². The number of amides is 1. The first-order valence-electron chi connectivity index (χ1n) is 8.13. The Morgan fingerprint density at radius 3 is 2.56 bits per heavy atom. The summed E-state index contributed by atoms with van der Waals surface area (Å²) in [6, 6.07) is 19.5. The number of carbonyl (C=O) groups excluding carboxylic acids is 1. The number of hydrogen-bond donors (Lipinski definition) is 1. The molecule has 0 bridgehead atoms. The van der Waals surface area contributed by atoms with E-state index < -0.39 is 0 Å². The van der Waals surface area contributed by atoms with Crippen LogP contribution in [0.4, 0.5) is 5.69 Å². The number of aromatic nitrogens is 3. The molecule has 6 nitrogen and oxygen atoms in total. The van der Waals surface area contributed by atoms with Crippen LogP contribution in [0.25, 0.3) is 23.0 Å². The first-order chi connectivity index (χ1) is 13.2. The number of rotatable bonds is 4. The van der Waals surface area contributed by atoms with Crippen molar-refractivity contribution in [3.8, 4) is 23.0 Å². The lowest BCUT2D eigenvalue weighted by Crippen LogP contribution is -2.13. The molecule has 0 aliphatic carbocycles. The monoisotopic (exact) mass is 376 g/mol. The first-order valence-corrected chi connectivity index (χ1v) is 8.50. The molecule has 2 heterocycles. The van der Waals surface area contributed by atoms with Gasteiger partial charge in [-0.1, -0.05) is 47.1 Å². The maximum atomic E-state index is 12.6. The Labute approximate surface area is 159 Å². The highest BCUT2D eigenvalue weighted by Crippen LogP contribution is 2.29. The van der Waals surface area contributed by atoms with Gasteiger partial charge in [0.2, 0.25) is 5.82 Å². The van der Waals surface area contributed by atoms with Gasteiger partial charge in [0.15, 0.2) is 0 Å². The summed E-state index contributed by atoms with van der Waals surface area (Å²) in [7, 11) is 0. The summed E-state index contributed by atoms with van der Waals surface area (Å²) >= 11 is 6.10. The van der Waals surface area contributed by atoms with Crippen LogP contribution in [0, 0.1) is 0 Å². The molecule has 0 aliphatic heterocycles. The number of benzene rings is 2. The predicted octanol–water partition coefficient (Wildman–Crippen LogP) is 4.70. The molecule has 4 rings (SSSR count). The molecule has 2 aromatic heterocycles. The van der Waals surface area contributed by atoms with E-state index in [1.165, 1.54) is 0 Å². The molecule has 1 amide bonds. The second kappa shape index (κ2) is 7.39. The van der Waals surface area contributed by atoms with Crippen LogP contribution in [-0.2, 0) is 0 Å². The molecule has 0 saturated carbocycles. The van der Waals surface area contributed by atoms with E-state index in [-0.39, 0.29) is 11.8 Å². The minimum absolute atomic E-state index is 0.283. The number of para-hydroxylation sites is 1. The maximum Gasteiger partial charge on any atom is 0.260 e. The lowest BCUT2D eigenvalue weighted by molar-refractivity contribution is 0.102. The second-order valence-electron chi connectivity index (χ2n) is 5.62. The van der Waals surface area contributed by atoms with Gasteiger partial charge in [-0.25, -0.2) is 0 Å². The molecular formula is C20H13ClN4O2. The van der Waals surface area contributed by atoms with Crippen molar-refractivity contribution in [2.45, 2.75) is 0 Å². The van der Waals surface area contributed by atoms with Gasteiger partial charge < -0.3 is 9.84 Å². The lowest BCUT2D eigenvalue weighted by Gasteiger charge is -2.09. The van der Waals surface area contributed by atoms with Crippen molar-refractivity contribution >= 4 is 23.2 Å². The molecule has 0 radical (unpaired) electrons. The minimum Gasteiger partial charge on any atom is -0.333 e. The van der Waals surface area contributed by atoms with Gasteiger partial charge >= 0.3 is 0 Å². The number of pyridine rings is 1. The third kappa shape index (κ3) is 3.56. The molecular weight excluding hydrogens is 364 g/mol. The Morgan fingerprint density at radius 1 is 0.963 bits per heavy atom. The summed E-state index contributed by atoms with van der Waals surface area (Å²) < 4.78 is 5.38. The van der Waals surface area contributed by atoms with Gasteiger partial charge in [0.25, 0.3) is 11.8 Å². The van der Waals surface area contributed by atoms with Gasteiger partial charge in [-0.15, -0.1) is 0 Å². The summed E-state index contributed by atoms with van der Waals surface area (Å²) in [5.74, 6) is 0.334. The van der Waals surface area contributed by atoms with Crippen LogP contribution in [0.3, 0.4) is 0 Å². The third-order valence-electron chi connectivity index (χ3n) is 3.84. The Morgan fingerprint density at radius 2 is 1.74 bits per heavy atom. The molecule has 1 N–H and O–H groups in total. The molecule has 0 spiro atoms. The predicted molar refractivity (Wildman–Crippen MR) is 102 cm³/mol. The molecule has 0 saturated heterocycles. The van der Waals surface area contributed by atoms with E-state index in [0.29, 0.717) is 33.4 Å². The first kappa shape index (κ1) is 16.9. The van der Waals surface area contributed by atoms with E-state index >= 15 is 0 Å². The SMILES string of the molecule is O=C(Nc1ccccc1-c1nc(-c2ccccn2)no1)c1ccccc1Cl. The zero-order valence-electron chi connectivity index (χ0n) is 14.0. The zero-order valence-corrected chi connectivity index (χ0v) is 14.7. The van der Waals surface area contributed by atoms with Gasteiger partial charge in [-0.3, -0.25) is 9.78 Å². The van der Waals surface area contributed by atoms with Gasteiger partial charge in [0.1, 0.15) is 5.69 Å². The summed E-state index contributed by atoms with van der Waals surface area (Å²) in [6.07, 6.45) is 1.66. The van der Waals surface area contributed by atoms with Crippen LogP contribution < -0.4 is 5.32 Å². The molecule has 0 unspecified atom stereocenters. The largest absolute Gasteiger partial charge is 0.333 e. The smallest absolute Gasteiger partial charge is 0.260 e. The highest BCUT2D eigenvalue weighted by Gasteiger charge is 2.17. The molecule has 4 aromatic rings. The van der Waals surface area contributed by atoms with Crippen LogP contribution in [0.15, 0.2) is 77.4 Å². The van der Waals surface area contributed by atoms with Crippen molar-refractivity contribution in [3.63, 3.8) is 0 Å². The fourth-order valence-corrected chi connectivity index (χ4v) is 2.77. The quantitative estimate of drug-likeness (QED) is 0.558. The highest BCUT2D eigenvalue weighted by molar-refractivity contribution is 6.34. The molecule has 0 atom stereocenters. The summed E-state index contributed by atoms with van der Waals surface area (Å²) in [4.78, 5) is 21.2. The molecule has 0 aliphatic rings. The van der Waals surface area contributed by atoms with Gasteiger partial charge in [0, 0.05) is 6.20 Å². The lowest BCUT2D eigenvalue weighted by atomic mass is 10.1. The Bertz CT molecular complexity index is 1100. The van der Waals surface area contributed by atoms with Crippen LogP contribution in [-0.4, -0.2) is 21.0 Å². The number of hydrogen-bond acceptors (Lipinski definition) is 5. The molecule has 7 heteroatoms. The zero-order chi connectivity index (χ0) is 18.6. The van der Waals surface area contributed by atoms with Crippen molar-refractivity contribution in [2.24, 2.45) is 0 Å². The van der Waals surface area contributed by atoms with Gasteiger partial charge in [-0.05, 0) is 36.4 Å². The van der Waals surface area contributed by atoms with Crippen molar-refractivity contribution in [1.82, 2.24) is 15.1 Å². The summed E-state index contributed by atoms with van der Waals surface area (Å²) in [5, 5.41) is 7.20. The number of anilines is 1. The van der Waals surface area contributed by atoms with E-state index in [1.807, 2.05) is 24.3 Å². The van der Waals surface area contributed by atoms with Crippen molar-refractivity contribution in [3.05, 3.63) is 83.5 Å². The van der Waals surface area contributed by atoms with E-state index in [1.54, 1.807) is 48.7 Å². The number of carbonyl (C=O) groups is 1. The molecule has 27 heavy (non-hydrogen) atoms. The van der Waals surface area contributed by atoms with Crippen molar-refractivity contribution in [1.29, 1.82) is 0 Å². The Hall–Kier alpha value is -3.51. The highest BCUT2D eigenvalue weighted by atomic mass is 35.5. The molecule has 132 valence electrons. The maximum absolute atomic E-state index is 12.6. The van der Waals surface area contributed by atoms with E-state index in [9.17, 15) is 4.79 Å². The summed E-state index contributed by atoms with van der Waals surface area (Å²) in [6.45, 7) is 0. The van der Waals surface area contributed by atoms with Crippen molar-refractivity contribution in [2.75, 3.05) is 5.32 Å². The van der Waals surface area contributed by atoms with Crippen LogP contribution >= 0.6 is 11.6 Å². The second-order valence-corrected chi connectivity index (χ2v) is 6.02. The topological polar surface area (TPSA) is 80.9 Å². The molecule has 0 fully saturated rings. The normalized spacial score (nSPS) is 10.6. The Kier molecular flexibility index (Phi) is 4.63. The Balaban J connectivity index is 1.65. The van der Waals surface area contributed by atoms with Gasteiger partial charge in [-0.2, -0.15) is 4.98 Å². The standard InChI is InChI=1S/C20H13ClN4O2/c21-15-9-3-1-7-13(15)19(26)23-16-10-4-2-8-14(16)20-24-18(25-27-20)17-11-5-6-12-22-17/h1-12H,(H,23,26). The van der Waals surface area contributed by atoms with E-state index in [2.05, 4.69) is 20.4 Å². The number of nitrogens with one attached hydrogen (secondary N) is 1. The number of halogens is 1. The van der Waals surface area contributed by atoms with Crippen LogP contribution in [0.2, 0.25) is 5.02 Å². The average molecular weight is 377 g/mol. The van der Waals surface area contributed by atoms with Gasteiger partial charge in [0.05, 0.1) is 21.8 Å². The van der Waals surface area contributed by atoms with Crippen LogP contribution in [0.1, 0.15) is 10.4 Å². The minimum atomic E-state index is -0.322. The van der Waals surface area contributed by atoms with E-state index in [0.717, 1.165) is 0 Å². The third-order valence-corrected chi connectivity index (χ3v) is 4.17.